The molecule has 0 saturated carbocycles. The summed E-state index contributed by atoms with van der Waals surface area (Å²) in [6, 6.07) is 3.74. The fourth-order valence-corrected chi connectivity index (χ4v) is 1.81. The van der Waals surface area contributed by atoms with Crippen molar-refractivity contribution in [3.8, 4) is 0 Å². The third kappa shape index (κ3) is 4.89. The summed E-state index contributed by atoms with van der Waals surface area (Å²) in [5.74, 6) is -1.87. The largest absolute Gasteiger partial charge is 0.337 e. The monoisotopic (exact) mass is 284 g/mol. The first-order valence-corrected chi connectivity index (χ1v) is 6.68. The van der Waals surface area contributed by atoms with Crippen molar-refractivity contribution in [2.75, 3.05) is 27.2 Å². The van der Waals surface area contributed by atoms with Crippen molar-refractivity contribution in [2.24, 2.45) is 5.92 Å². The fourth-order valence-electron chi connectivity index (χ4n) is 1.81. The minimum atomic E-state index is -0.882. The van der Waals surface area contributed by atoms with Gasteiger partial charge in [-0.3, -0.25) is 4.79 Å². The molecule has 0 N–H and O–H groups in total. The van der Waals surface area contributed by atoms with Gasteiger partial charge in [-0.25, -0.2) is 8.78 Å². The van der Waals surface area contributed by atoms with Crippen LogP contribution in [0.4, 0.5) is 8.78 Å². The van der Waals surface area contributed by atoms with E-state index in [1.807, 2.05) is 32.8 Å². The van der Waals surface area contributed by atoms with Gasteiger partial charge in [0.25, 0.3) is 0 Å². The van der Waals surface area contributed by atoms with Crippen molar-refractivity contribution in [2.45, 2.75) is 20.4 Å². The Bertz CT molecular complexity index is 461. The highest BCUT2D eigenvalue weighted by Crippen LogP contribution is 2.13. The highest BCUT2D eigenvalue weighted by molar-refractivity contribution is 5.78. The normalized spacial score (nSPS) is 11.2. The predicted octanol–water partition coefficient (Wildman–Crippen LogP) is 2.51. The molecule has 5 heteroatoms. The first-order chi connectivity index (χ1) is 9.31. The SMILES string of the molecule is CC(C)C(=O)N(CCN(C)C)Cc1ccc(F)c(F)c1. The standard InChI is InChI=1S/C15H22F2N2O/c1-11(2)15(20)19(8-7-18(3)4)10-12-5-6-13(16)14(17)9-12/h5-6,9,11H,7-8,10H2,1-4H3. The van der Waals surface area contributed by atoms with Crippen LogP contribution in [-0.2, 0) is 11.3 Å². The summed E-state index contributed by atoms with van der Waals surface area (Å²) in [6.07, 6.45) is 0. The minimum absolute atomic E-state index is 0.0107. The van der Waals surface area contributed by atoms with Gasteiger partial charge in [0.15, 0.2) is 11.6 Å². The number of hydrogen-bond donors (Lipinski definition) is 0. The predicted molar refractivity (Wildman–Crippen MR) is 75.2 cm³/mol. The first-order valence-electron chi connectivity index (χ1n) is 6.68. The molecule has 0 aromatic heterocycles. The lowest BCUT2D eigenvalue weighted by molar-refractivity contribution is -0.135. The number of halogens is 2. The highest BCUT2D eigenvalue weighted by atomic mass is 19.2. The van der Waals surface area contributed by atoms with E-state index < -0.39 is 11.6 Å². The van der Waals surface area contributed by atoms with Crippen LogP contribution in [0.15, 0.2) is 18.2 Å². The Balaban J connectivity index is 2.82. The molecule has 3 nitrogen and oxygen atoms in total. The molecule has 0 saturated heterocycles. The molecule has 0 spiro atoms. The molecule has 20 heavy (non-hydrogen) atoms. The van der Waals surface area contributed by atoms with E-state index in [0.717, 1.165) is 18.7 Å². The molecule has 0 radical (unpaired) electrons. The molecule has 0 fully saturated rings. The van der Waals surface area contributed by atoms with Crippen LogP contribution in [0.25, 0.3) is 0 Å². The van der Waals surface area contributed by atoms with Gasteiger partial charge in [-0.05, 0) is 31.8 Å². The van der Waals surface area contributed by atoms with Crippen LogP contribution in [0.3, 0.4) is 0 Å². The van der Waals surface area contributed by atoms with Crippen molar-refractivity contribution >= 4 is 5.91 Å². The molecule has 1 amide bonds. The van der Waals surface area contributed by atoms with E-state index in [0.29, 0.717) is 18.7 Å². The zero-order valence-electron chi connectivity index (χ0n) is 12.5. The van der Waals surface area contributed by atoms with Crippen LogP contribution in [0.5, 0.6) is 0 Å². The lowest BCUT2D eigenvalue weighted by Crippen LogP contribution is -2.38. The van der Waals surface area contributed by atoms with E-state index in [4.69, 9.17) is 0 Å². The van der Waals surface area contributed by atoms with Gasteiger partial charge in [0, 0.05) is 25.6 Å². The second-order valence-electron chi connectivity index (χ2n) is 5.47. The van der Waals surface area contributed by atoms with Crippen molar-refractivity contribution in [3.05, 3.63) is 35.4 Å². The summed E-state index contributed by atoms with van der Waals surface area (Å²) < 4.78 is 26.1. The lowest BCUT2D eigenvalue weighted by Gasteiger charge is -2.26. The topological polar surface area (TPSA) is 23.6 Å². The minimum Gasteiger partial charge on any atom is -0.337 e. The van der Waals surface area contributed by atoms with E-state index in [9.17, 15) is 13.6 Å². The Labute approximate surface area is 119 Å². The van der Waals surface area contributed by atoms with E-state index in [-0.39, 0.29) is 11.8 Å². The Kier molecular flexibility index (Phi) is 6.07. The molecule has 0 unspecified atom stereocenters. The molecular weight excluding hydrogens is 262 g/mol. The van der Waals surface area contributed by atoms with Gasteiger partial charge in [-0.1, -0.05) is 19.9 Å². The maximum atomic E-state index is 13.2. The number of nitrogens with zero attached hydrogens (tertiary/aromatic N) is 2. The average molecular weight is 284 g/mol. The fraction of sp³-hybridized carbons (Fsp3) is 0.533. The number of rotatable bonds is 6. The van der Waals surface area contributed by atoms with Crippen LogP contribution in [0, 0.1) is 17.6 Å². The van der Waals surface area contributed by atoms with Crippen LogP contribution >= 0.6 is 0 Å². The molecule has 112 valence electrons. The van der Waals surface area contributed by atoms with Crippen molar-refractivity contribution in [1.82, 2.24) is 9.80 Å². The van der Waals surface area contributed by atoms with Crippen molar-refractivity contribution in [3.63, 3.8) is 0 Å². The zero-order valence-corrected chi connectivity index (χ0v) is 12.5. The van der Waals surface area contributed by atoms with E-state index in [2.05, 4.69) is 0 Å². The van der Waals surface area contributed by atoms with E-state index in [1.165, 1.54) is 6.07 Å². The van der Waals surface area contributed by atoms with Crippen LogP contribution < -0.4 is 0 Å². The third-order valence-electron chi connectivity index (χ3n) is 2.98. The maximum Gasteiger partial charge on any atom is 0.225 e. The summed E-state index contributed by atoms with van der Waals surface area (Å²) in [7, 11) is 3.85. The Morgan fingerprint density at radius 1 is 1.15 bits per heavy atom. The number of amides is 1. The molecule has 0 atom stereocenters. The van der Waals surface area contributed by atoms with Gasteiger partial charge in [0.05, 0.1) is 0 Å². The van der Waals surface area contributed by atoms with Gasteiger partial charge in [0.1, 0.15) is 0 Å². The number of carbonyl (C=O) groups is 1. The maximum absolute atomic E-state index is 13.2. The van der Waals surface area contributed by atoms with Gasteiger partial charge in [0.2, 0.25) is 5.91 Å². The van der Waals surface area contributed by atoms with Crippen LogP contribution in [-0.4, -0.2) is 42.9 Å². The molecule has 0 heterocycles. The summed E-state index contributed by atoms with van der Waals surface area (Å²) in [6.45, 7) is 5.24. The molecule has 0 bridgehead atoms. The van der Waals surface area contributed by atoms with Crippen molar-refractivity contribution in [1.29, 1.82) is 0 Å². The zero-order chi connectivity index (χ0) is 15.3. The smallest absolute Gasteiger partial charge is 0.225 e. The third-order valence-corrected chi connectivity index (χ3v) is 2.98. The molecular formula is C15H22F2N2O. The molecule has 0 aliphatic carbocycles. The average Bonchev–Trinajstić information content (AvgIpc) is 2.37. The lowest BCUT2D eigenvalue weighted by atomic mass is 10.1. The van der Waals surface area contributed by atoms with Gasteiger partial charge in [-0.15, -0.1) is 0 Å². The number of hydrogen-bond acceptors (Lipinski definition) is 2. The van der Waals surface area contributed by atoms with Gasteiger partial charge < -0.3 is 9.80 Å². The Morgan fingerprint density at radius 3 is 2.30 bits per heavy atom. The van der Waals surface area contributed by atoms with Crippen molar-refractivity contribution < 1.29 is 13.6 Å². The van der Waals surface area contributed by atoms with E-state index >= 15 is 0 Å². The second-order valence-corrected chi connectivity index (χ2v) is 5.47. The molecule has 1 aromatic carbocycles. The Morgan fingerprint density at radius 2 is 1.80 bits per heavy atom. The molecule has 0 aliphatic rings. The quantitative estimate of drug-likeness (QED) is 0.801. The van der Waals surface area contributed by atoms with Gasteiger partial charge >= 0.3 is 0 Å². The molecule has 1 rings (SSSR count). The summed E-state index contributed by atoms with van der Waals surface area (Å²) >= 11 is 0. The van der Waals surface area contributed by atoms with Crippen LogP contribution in [0.2, 0.25) is 0 Å². The van der Waals surface area contributed by atoms with Crippen LogP contribution in [0.1, 0.15) is 19.4 Å². The Hall–Kier alpha value is -1.49. The van der Waals surface area contributed by atoms with E-state index in [1.54, 1.807) is 4.90 Å². The number of likely N-dealkylation sites (N-methyl/N-ethyl adjacent to an activating group) is 1. The number of benzene rings is 1. The van der Waals surface area contributed by atoms with Gasteiger partial charge in [-0.2, -0.15) is 0 Å². The molecule has 0 aliphatic heterocycles. The second kappa shape index (κ2) is 7.33. The summed E-state index contributed by atoms with van der Waals surface area (Å²) in [5, 5.41) is 0. The summed E-state index contributed by atoms with van der Waals surface area (Å²) in [5.41, 5.74) is 0.594. The summed E-state index contributed by atoms with van der Waals surface area (Å²) in [4.78, 5) is 15.8. The first kappa shape index (κ1) is 16.6. The molecule has 1 aromatic rings. The number of carbonyl (C=O) groups excluding carboxylic acids is 1. The highest BCUT2D eigenvalue weighted by Gasteiger charge is 2.18.